The lowest BCUT2D eigenvalue weighted by molar-refractivity contribution is 0.162. The molecule has 0 saturated carbocycles. The lowest BCUT2D eigenvalue weighted by atomic mass is 10.2. The second-order valence-corrected chi connectivity index (χ2v) is 3.69. The van der Waals surface area contributed by atoms with Crippen LogP contribution in [0.2, 0.25) is 0 Å². The molecule has 14 heavy (non-hydrogen) atoms. The molecule has 0 aromatic carbocycles. The number of amides is 1. The SMILES string of the molecule is O=C(O)NCCCC(O)c1nccs1. The maximum Gasteiger partial charge on any atom is 0.404 e. The fourth-order valence-electron chi connectivity index (χ4n) is 1.01. The van der Waals surface area contributed by atoms with E-state index in [0.717, 1.165) is 0 Å². The fourth-order valence-corrected chi connectivity index (χ4v) is 1.67. The Morgan fingerprint density at radius 3 is 3.07 bits per heavy atom. The van der Waals surface area contributed by atoms with Crippen LogP contribution in [-0.2, 0) is 0 Å². The molecule has 1 unspecified atom stereocenters. The van der Waals surface area contributed by atoms with E-state index in [1.807, 2.05) is 0 Å². The monoisotopic (exact) mass is 216 g/mol. The van der Waals surface area contributed by atoms with E-state index in [1.54, 1.807) is 11.6 Å². The third-order valence-electron chi connectivity index (χ3n) is 1.67. The van der Waals surface area contributed by atoms with Gasteiger partial charge in [0.05, 0.1) is 0 Å². The van der Waals surface area contributed by atoms with Crippen molar-refractivity contribution in [1.82, 2.24) is 10.3 Å². The van der Waals surface area contributed by atoms with Crippen molar-refractivity contribution in [3.05, 3.63) is 16.6 Å². The van der Waals surface area contributed by atoms with Crippen LogP contribution in [0.1, 0.15) is 24.0 Å². The van der Waals surface area contributed by atoms with Gasteiger partial charge in [0.2, 0.25) is 0 Å². The molecule has 3 N–H and O–H groups in total. The molecule has 0 bridgehead atoms. The second-order valence-electron chi connectivity index (χ2n) is 2.76. The van der Waals surface area contributed by atoms with Gasteiger partial charge in [-0.3, -0.25) is 0 Å². The zero-order valence-corrected chi connectivity index (χ0v) is 8.33. The summed E-state index contributed by atoms with van der Waals surface area (Å²) in [6, 6.07) is 0. The van der Waals surface area contributed by atoms with Gasteiger partial charge in [-0.05, 0) is 12.8 Å². The summed E-state index contributed by atoms with van der Waals surface area (Å²) in [5, 5.41) is 22.5. The van der Waals surface area contributed by atoms with Crippen LogP contribution in [0.3, 0.4) is 0 Å². The van der Waals surface area contributed by atoms with Gasteiger partial charge in [-0.1, -0.05) is 0 Å². The number of carboxylic acid groups (broad SMARTS) is 1. The Balaban J connectivity index is 2.16. The number of rotatable bonds is 5. The van der Waals surface area contributed by atoms with Gasteiger partial charge in [0.25, 0.3) is 0 Å². The summed E-state index contributed by atoms with van der Waals surface area (Å²) in [4.78, 5) is 14.1. The van der Waals surface area contributed by atoms with Crippen LogP contribution in [0.4, 0.5) is 4.79 Å². The van der Waals surface area contributed by atoms with E-state index in [1.165, 1.54) is 11.3 Å². The van der Waals surface area contributed by atoms with Crippen molar-refractivity contribution in [2.75, 3.05) is 6.54 Å². The average molecular weight is 216 g/mol. The number of aliphatic hydroxyl groups is 1. The molecule has 1 aromatic rings. The highest BCUT2D eigenvalue weighted by Crippen LogP contribution is 2.19. The van der Waals surface area contributed by atoms with Crippen molar-refractivity contribution in [3.8, 4) is 0 Å². The summed E-state index contributed by atoms with van der Waals surface area (Å²) >= 11 is 1.40. The average Bonchev–Trinajstić information content (AvgIpc) is 2.64. The Bertz CT molecular complexity index is 276. The number of nitrogens with zero attached hydrogens (tertiary/aromatic N) is 1. The lowest BCUT2D eigenvalue weighted by Gasteiger charge is -2.06. The summed E-state index contributed by atoms with van der Waals surface area (Å²) in [5.74, 6) is 0. The topological polar surface area (TPSA) is 82.5 Å². The molecular weight excluding hydrogens is 204 g/mol. The summed E-state index contributed by atoms with van der Waals surface area (Å²) in [6.45, 7) is 0.359. The summed E-state index contributed by atoms with van der Waals surface area (Å²) in [7, 11) is 0. The Labute approximate surface area is 85.4 Å². The minimum absolute atomic E-state index is 0.359. The van der Waals surface area contributed by atoms with E-state index in [0.29, 0.717) is 24.4 Å². The van der Waals surface area contributed by atoms with Gasteiger partial charge in [0, 0.05) is 18.1 Å². The van der Waals surface area contributed by atoms with E-state index in [4.69, 9.17) is 5.11 Å². The van der Waals surface area contributed by atoms with Crippen LogP contribution in [-0.4, -0.2) is 27.8 Å². The second kappa shape index (κ2) is 5.56. The van der Waals surface area contributed by atoms with Crippen molar-refractivity contribution in [3.63, 3.8) is 0 Å². The molecule has 0 fully saturated rings. The number of hydrogen-bond donors (Lipinski definition) is 3. The summed E-state index contributed by atoms with van der Waals surface area (Å²) < 4.78 is 0. The van der Waals surface area contributed by atoms with Crippen molar-refractivity contribution in [2.24, 2.45) is 0 Å². The van der Waals surface area contributed by atoms with E-state index < -0.39 is 12.2 Å². The molecule has 1 rings (SSSR count). The minimum Gasteiger partial charge on any atom is -0.465 e. The van der Waals surface area contributed by atoms with Crippen LogP contribution < -0.4 is 5.32 Å². The van der Waals surface area contributed by atoms with Gasteiger partial charge < -0.3 is 15.5 Å². The molecule has 1 aromatic heterocycles. The zero-order valence-electron chi connectivity index (χ0n) is 7.51. The number of aliphatic hydroxyl groups excluding tert-OH is 1. The Morgan fingerprint density at radius 2 is 2.50 bits per heavy atom. The lowest BCUT2D eigenvalue weighted by Crippen LogP contribution is -2.22. The van der Waals surface area contributed by atoms with E-state index >= 15 is 0 Å². The molecule has 0 aliphatic heterocycles. The molecule has 78 valence electrons. The predicted octanol–water partition coefficient (Wildman–Crippen LogP) is 1.22. The van der Waals surface area contributed by atoms with Crippen molar-refractivity contribution in [1.29, 1.82) is 0 Å². The molecule has 0 radical (unpaired) electrons. The van der Waals surface area contributed by atoms with Gasteiger partial charge in [-0.15, -0.1) is 11.3 Å². The molecule has 1 heterocycles. The first kappa shape index (κ1) is 10.9. The zero-order chi connectivity index (χ0) is 10.4. The molecular formula is C8H12N2O3S. The first-order valence-electron chi connectivity index (χ1n) is 4.24. The third kappa shape index (κ3) is 3.71. The normalized spacial score (nSPS) is 12.4. The van der Waals surface area contributed by atoms with Crippen LogP contribution in [0.15, 0.2) is 11.6 Å². The number of carbonyl (C=O) groups is 1. The van der Waals surface area contributed by atoms with Gasteiger partial charge in [0.1, 0.15) is 11.1 Å². The van der Waals surface area contributed by atoms with E-state index in [-0.39, 0.29) is 0 Å². The molecule has 6 heteroatoms. The predicted molar refractivity (Wildman–Crippen MR) is 52.3 cm³/mol. The molecule has 1 atom stereocenters. The molecule has 0 spiro atoms. The van der Waals surface area contributed by atoms with Crippen LogP contribution >= 0.6 is 11.3 Å². The quantitative estimate of drug-likeness (QED) is 0.646. The van der Waals surface area contributed by atoms with Crippen molar-refractivity contribution >= 4 is 17.4 Å². The Morgan fingerprint density at radius 1 is 1.71 bits per heavy atom. The van der Waals surface area contributed by atoms with Crippen molar-refractivity contribution in [2.45, 2.75) is 18.9 Å². The van der Waals surface area contributed by atoms with Gasteiger partial charge in [0.15, 0.2) is 0 Å². The van der Waals surface area contributed by atoms with Gasteiger partial charge in [-0.2, -0.15) is 0 Å². The first-order chi connectivity index (χ1) is 6.70. The number of nitrogens with one attached hydrogen (secondary N) is 1. The van der Waals surface area contributed by atoms with Crippen LogP contribution in [0.5, 0.6) is 0 Å². The highest BCUT2D eigenvalue weighted by Gasteiger charge is 2.09. The standard InChI is InChI=1S/C8H12N2O3S/c11-6(7-9-4-5-14-7)2-1-3-10-8(12)13/h4-6,10-11H,1-3H2,(H,12,13). The molecule has 5 nitrogen and oxygen atoms in total. The Hall–Kier alpha value is -1.14. The van der Waals surface area contributed by atoms with Crippen LogP contribution in [0, 0.1) is 0 Å². The number of hydrogen-bond acceptors (Lipinski definition) is 4. The highest BCUT2D eigenvalue weighted by molar-refractivity contribution is 7.09. The number of thiazole rings is 1. The highest BCUT2D eigenvalue weighted by atomic mass is 32.1. The first-order valence-corrected chi connectivity index (χ1v) is 5.12. The smallest absolute Gasteiger partial charge is 0.404 e. The fraction of sp³-hybridized carbons (Fsp3) is 0.500. The van der Waals surface area contributed by atoms with Gasteiger partial charge in [-0.25, -0.2) is 9.78 Å². The van der Waals surface area contributed by atoms with Gasteiger partial charge >= 0.3 is 6.09 Å². The molecule has 0 saturated heterocycles. The largest absolute Gasteiger partial charge is 0.465 e. The molecule has 1 amide bonds. The van der Waals surface area contributed by atoms with E-state index in [9.17, 15) is 9.90 Å². The summed E-state index contributed by atoms with van der Waals surface area (Å²) in [6.07, 6.45) is 1.15. The van der Waals surface area contributed by atoms with Crippen molar-refractivity contribution < 1.29 is 15.0 Å². The summed E-state index contributed by atoms with van der Waals surface area (Å²) in [5.41, 5.74) is 0. The maximum absolute atomic E-state index is 10.1. The minimum atomic E-state index is -1.03. The molecule has 0 aliphatic carbocycles. The number of aromatic nitrogens is 1. The maximum atomic E-state index is 10.1. The van der Waals surface area contributed by atoms with Crippen LogP contribution in [0.25, 0.3) is 0 Å². The molecule has 0 aliphatic rings. The Kier molecular flexibility index (Phi) is 4.34. The third-order valence-corrected chi connectivity index (χ3v) is 2.54. The van der Waals surface area contributed by atoms with E-state index in [2.05, 4.69) is 10.3 Å².